The van der Waals surface area contributed by atoms with Crippen molar-refractivity contribution in [3.63, 3.8) is 0 Å². The van der Waals surface area contributed by atoms with Gasteiger partial charge in [-0.3, -0.25) is 4.79 Å². The molecule has 0 fully saturated rings. The smallest absolute Gasteiger partial charge is 0.303 e. The molecule has 0 spiro atoms. The number of benzene rings is 1. The molecule has 0 aliphatic carbocycles. The number of aliphatic carboxylic acids is 1. The lowest BCUT2D eigenvalue weighted by molar-refractivity contribution is -0.137. The van der Waals surface area contributed by atoms with E-state index >= 15 is 0 Å². The molecule has 1 rings (SSSR count). The topological polar surface area (TPSA) is 49.3 Å². The molecule has 1 aromatic carbocycles. The molecule has 0 atom stereocenters. The lowest BCUT2D eigenvalue weighted by atomic mass is 10.1. The zero-order valence-corrected chi connectivity index (χ0v) is 8.99. The Morgan fingerprint density at radius 3 is 2.60 bits per heavy atom. The number of rotatable bonds is 6. The molecule has 0 saturated heterocycles. The van der Waals surface area contributed by atoms with Gasteiger partial charge >= 0.3 is 5.97 Å². The maximum Gasteiger partial charge on any atom is 0.303 e. The van der Waals surface area contributed by atoms with Crippen LogP contribution in [0.3, 0.4) is 0 Å². The number of hydrogen-bond acceptors (Lipinski definition) is 2. The molecule has 0 saturated carbocycles. The van der Waals surface area contributed by atoms with E-state index in [2.05, 4.69) is 36.5 Å². The van der Waals surface area contributed by atoms with Crippen LogP contribution in [0, 0.1) is 6.92 Å². The van der Waals surface area contributed by atoms with E-state index in [4.69, 9.17) is 5.11 Å². The van der Waals surface area contributed by atoms with Gasteiger partial charge in [-0.15, -0.1) is 0 Å². The van der Waals surface area contributed by atoms with Crippen LogP contribution < -0.4 is 5.32 Å². The average molecular weight is 207 g/mol. The van der Waals surface area contributed by atoms with Crippen LogP contribution in [0.4, 0.5) is 0 Å². The third-order valence-corrected chi connectivity index (χ3v) is 2.19. The predicted molar refractivity (Wildman–Crippen MR) is 59.8 cm³/mol. The van der Waals surface area contributed by atoms with Gasteiger partial charge in [0.25, 0.3) is 0 Å². The molecule has 0 bridgehead atoms. The van der Waals surface area contributed by atoms with Crippen molar-refractivity contribution in [2.45, 2.75) is 26.3 Å². The lowest BCUT2D eigenvalue weighted by Gasteiger charge is -2.04. The van der Waals surface area contributed by atoms with E-state index in [1.54, 1.807) is 0 Å². The highest BCUT2D eigenvalue weighted by molar-refractivity contribution is 5.66. The van der Waals surface area contributed by atoms with Gasteiger partial charge in [0.1, 0.15) is 0 Å². The van der Waals surface area contributed by atoms with Gasteiger partial charge in [-0.25, -0.2) is 0 Å². The number of hydrogen-bond donors (Lipinski definition) is 2. The predicted octanol–water partition coefficient (Wildman–Crippen LogP) is 1.95. The minimum atomic E-state index is -0.730. The van der Waals surface area contributed by atoms with E-state index in [0.29, 0.717) is 6.42 Å². The number of carboxylic acid groups (broad SMARTS) is 1. The summed E-state index contributed by atoms with van der Waals surface area (Å²) in [5, 5.41) is 11.6. The van der Waals surface area contributed by atoms with E-state index in [1.807, 2.05) is 0 Å². The van der Waals surface area contributed by atoms with Gasteiger partial charge in [0.05, 0.1) is 0 Å². The Hall–Kier alpha value is -1.35. The first kappa shape index (κ1) is 11.7. The molecule has 0 heterocycles. The van der Waals surface area contributed by atoms with Crippen LogP contribution >= 0.6 is 0 Å². The Labute approximate surface area is 90.1 Å². The summed E-state index contributed by atoms with van der Waals surface area (Å²) in [6, 6.07) is 8.32. The van der Waals surface area contributed by atoms with Gasteiger partial charge in [-0.2, -0.15) is 0 Å². The Morgan fingerprint density at radius 1 is 1.33 bits per heavy atom. The highest BCUT2D eigenvalue weighted by atomic mass is 16.4. The first-order valence-electron chi connectivity index (χ1n) is 5.16. The fourth-order valence-electron chi connectivity index (χ4n) is 1.30. The molecule has 0 aliphatic rings. The van der Waals surface area contributed by atoms with Crippen LogP contribution in [0.1, 0.15) is 24.0 Å². The summed E-state index contributed by atoms with van der Waals surface area (Å²) >= 11 is 0. The Bertz CT molecular complexity index is 306. The minimum Gasteiger partial charge on any atom is -0.481 e. The number of aryl methyl sites for hydroxylation is 1. The summed E-state index contributed by atoms with van der Waals surface area (Å²) in [7, 11) is 0. The lowest BCUT2D eigenvalue weighted by Crippen LogP contribution is -2.15. The molecular formula is C12H17NO2. The van der Waals surface area contributed by atoms with Crippen molar-refractivity contribution in [3.8, 4) is 0 Å². The molecule has 0 aromatic heterocycles. The SMILES string of the molecule is Cc1ccc(CNCCCC(=O)O)cc1. The highest BCUT2D eigenvalue weighted by Gasteiger charge is 1.96. The molecule has 3 heteroatoms. The van der Waals surface area contributed by atoms with Crippen molar-refractivity contribution in [2.75, 3.05) is 6.54 Å². The van der Waals surface area contributed by atoms with Gasteiger partial charge in [-0.1, -0.05) is 29.8 Å². The van der Waals surface area contributed by atoms with Gasteiger partial charge in [0.15, 0.2) is 0 Å². The Kier molecular flexibility index (Phi) is 4.84. The third-order valence-electron chi connectivity index (χ3n) is 2.19. The van der Waals surface area contributed by atoms with Crippen molar-refractivity contribution in [1.82, 2.24) is 5.32 Å². The zero-order chi connectivity index (χ0) is 11.1. The zero-order valence-electron chi connectivity index (χ0n) is 8.99. The fraction of sp³-hybridized carbons (Fsp3) is 0.417. The Morgan fingerprint density at radius 2 is 2.00 bits per heavy atom. The summed E-state index contributed by atoms with van der Waals surface area (Å²) in [4.78, 5) is 10.2. The molecule has 15 heavy (non-hydrogen) atoms. The molecule has 0 aliphatic heterocycles. The average Bonchev–Trinajstić information content (AvgIpc) is 2.20. The molecule has 82 valence electrons. The highest BCUT2D eigenvalue weighted by Crippen LogP contribution is 2.02. The molecular weight excluding hydrogens is 190 g/mol. The van der Waals surface area contributed by atoms with Crippen LogP contribution in [0.25, 0.3) is 0 Å². The van der Waals surface area contributed by atoms with E-state index in [0.717, 1.165) is 13.1 Å². The quantitative estimate of drug-likeness (QED) is 0.701. The first-order chi connectivity index (χ1) is 7.18. The summed E-state index contributed by atoms with van der Waals surface area (Å²) in [6.07, 6.45) is 0.919. The summed E-state index contributed by atoms with van der Waals surface area (Å²) in [6.45, 7) is 3.62. The normalized spacial score (nSPS) is 10.2. The molecule has 2 N–H and O–H groups in total. The van der Waals surface area contributed by atoms with E-state index in [-0.39, 0.29) is 6.42 Å². The van der Waals surface area contributed by atoms with Crippen molar-refractivity contribution >= 4 is 5.97 Å². The van der Waals surface area contributed by atoms with Crippen LogP contribution in [0.15, 0.2) is 24.3 Å². The molecule has 1 aromatic rings. The molecule has 0 amide bonds. The third kappa shape index (κ3) is 5.18. The second-order valence-electron chi connectivity index (χ2n) is 3.66. The van der Waals surface area contributed by atoms with Crippen LogP contribution in [0.5, 0.6) is 0 Å². The largest absolute Gasteiger partial charge is 0.481 e. The maximum atomic E-state index is 10.2. The van der Waals surface area contributed by atoms with Crippen LogP contribution in [0.2, 0.25) is 0 Å². The fourth-order valence-corrected chi connectivity index (χ4v) is 1.30. The molecule has 0 unspecified atom stereocenters. The summed E-state index contributed by atoms with van der Waals surface area (Å²) in [5.74, 6) is -0.730. The van der Waals surface area contributed by atoms with Crippen molar-refractivity contribution < 1.29 is 9.90 Å². The number of nitrogens with one attached hydrogen (secondary N) is 1. The second-order valence-corrected chi connectivity index (χ2v) is 3.66. The van der Waals surface area contributed by atoms with Crippen molar-refractivity contribution in [2.24, 2.45) is 0 Å². The number of carbonyl (C=O) groups is 1. The van der Waals surface area contributed by atoms with Crippen LogP contribution in [-0.2, 0) is 11.3 Å². The van der Waals surface area contributed by atoms with E-state index in [1.165, 1.54) is 11.1 Å². The monoisotopic (exact) mass is 207 g/mol. The van der Waals surface area contributed by atoms with E-state index < -0.39 is 5.97 Å². The maximum absolute atomic E-state index is 10.2. The Balaban J connectivity index is 2.15. The van der Waals surface area contributed by atoms with Crippen molar-refractivity contribution in [1.29, 1.82) is 0 Å². The first-order valence-corrected chi connectivity index (χ1v) is 5.16. The van der Waals surface area contributed by atoms with Gasteiger partial charge in [0, 0.05) is 13.0 Å². The summed E-state index contributed by atoms with van der Waals surface area (Å²) < 4.78 is 0. The number of carboxylic acids is 1. The molecule has 3 nitrogen and oxygen atoms in total. The standard InChI is InChI=1S/C12H17NO2/c1-10-4-6-11(7-5-10)9-13-8-2-3-12(14)15/h4-7,13H,2-3,8-9H2,1H3,(H,14,15). The van der Waals surface area contributed by atoms with Crippen molar-refractivity contribution in [3.05, 3.63) is 35.4 Å². The second kappa shape index (κ2) is 6.19. The van der Waals surface area contributed by atoms with Crippen LogP contribution in [-0.4, -0.2) is 17.6 Å². The molecule has 0 radical (unpaired) electrons. The van der Waals surface area contributed by atoms with Gasteiger partial charge < -0.3 is 10.4 Å². The van der Waals surface area contributed by atoms with E-state index in [9.17, 15) is 4.79 Å². The van der Waals surface area contributed by atoms with Gasteiger partial charge in [0.2, 0.25) is 0 Å². The van der Waals surface area contributed by atoms with Gasteiger partial charge in [-0.05, 0) is 25.5 Å². The summed E-state index contributed by atoms with van der Waals surface area (Å²) in [5.41, 5.74) is 2.49. The minimum absolute atomic E-state index is 0.237.